The van der Waals surface area contributed by atoms with Crippen LogP contribution in [-0.2, 0) is 0 Å². The zero-order valence-electron chi connectivity index (χ0n) is 12.6. The average molecular weight is 277 g/mol. The summed E-state index contributed by atoms with van der Waals surface area (Å²) in [7, 11) is 0. The molecular formula is C14H31NO4. The highest BCUT2D eigenvalue weighted by Crippen LogP contribution is 2.13. The molecule has 0 bridgehead atoms. The number of nitrogens with one attached hydrogen (secondary N) is 1. The summed E-state index contributed by atoms with van der Waals surface area (Å²) in [4.78, 5) is 0. The third-order valence-electron chi connectivity index (χ3n) is 3.59. The fraction of sp³-hybridized carbons (Fsp3) is 1.00. The van der Waals surface area contributed by atoms with E-state index in [0.29, 0.717) is 11.8 Å². The molecule has 6 atom stereocenters. The monoisotopic (exact) mass is 277 g/mol. The fourth-order valence-electron chi connectivity index (χ4n) is 2.05. The summed E-state index contributed by atoms with van der Waals surface area (Å²) in [5.74, 6) is 1.19. The number of rotatable bonds is 10. The lowest BCUT2D eigenvalue weighted by Gasteiger charge is -2.25. The Morgan fingerprint density at radius 1 is 0.842 bits per heavy atom. The van der Waals surface area contributed by atoms with Gasteiger partial charge in [0, 0.05) is 6.54 Å². The molecule has 0 aliphatic rings. The van der Waals surface area contributed by atoms with Crippen molar-refractivity contribution in [3.05, 3.63) is 0 Å². The van der Waals surface area contributed by atoms with Crippen molar-refractivity contribution in [2.24, 2.45) is 11.8 Å². The van der Waals surface area contributed by atoms with Crippen LogP contribution in [0.4, 0.5) is 0 Å². The van der Waals surface area contributed by atoms with Crippen LogP contribution in [0.3, 0.4) is 0 Å². The molecule has 0 aromatic carbocycles. The van der Waals surface area contributed by atoms with Crippen molar-refractivity contribution >= 4 is 0 Å². The first-order chi connectivity index (χ1) is 8.79. The van der Waals surface area contributed by atoms with E-state index in [1.54, 1.807) is 0 Å². The van der Waals surface area contributed by atoms with Crippen LogP contribution in [0.2, 0.25) is 0 Å². The van der Waals surface area contributed by atoms with Gasteiger partial charge in [0.05, 0.1) is 12.2 Å². The minimum Gasteiger partial charge on any atom is -0.391 e. The quantitative estimate of drug-likeness (QED) is 0.391. The normalized spacial score (nSPS) is 21.5. The fourth-order valence-corrected chi connectivity index (χ4v) is 2.05. The van der Waals surface area contributed by atoms with Crippen LogP contribution in [0.5, 0.6) is 0 Å². The molecule has 0 fully saturated rings. The van der Waals surface area contributed by atoms with Crippen LogP contribution in [0.25, 0.3) is 0 Å². The van der Waals surface area contributed by atoms with Gasteiger partial charge in [-0.05, 0) is 31.7 Å². The molecule has 5 nitrogen and oxygen atoms in total. The molecule has 19 heavy (non-hydrogen) atoms. The molecule has 2 unspecified atom stereocenters. The average Bonchev–Trinajstić information content (AvgIpc) is 2.36. The molecule has 0 saturated heterocycles. The Balaban J connectivity index is 3.87. The lowest BCUT2D eigenvalue weighted by atomic mass is 9.95. The smallest absolute Gasteiger partial charge is 0.109 e. The van der Waals surface area contributed by atoms with Crippen LogP contribution in [0.1, 0.15) is 40.5 Å². The SMILES string of the molecule is CCC(C)CC(C)CNC[C@H](O)[C@H](O)[C@@H](O)[C@H](C)O. The maximum absolute atomic E-state index is 9.69. The molecule has 116 valence electrons. The van der Waals surface area contributed by atoms with Crippen molar-refractivity contribution in [1.82, 2.24) is 5.32 Å². The van der Waals surface area contributed by atoms with Crippen molar-refractivity contribution in [2.75, 3.05) is 13.1 Å². The van der Waals surface area contributed by atoms with E-state index in [9.17, 15) is 15.3 Å². The van der Waals surface area contributed by atoms with Crippen molar-refractivity contribution < 1.29 is 20.4 Å². The first kappa shape index (κ1) is 18.8. The maximum Gasteiger partial charge on any atom is 0.109 e. The summed E-state index contributed by atoms with van der Waals surface area (Å²) >= 11 is 0. The van der Waals surface area contributed by atoms with Gasteiger partial charge in [-0.15, -0.1) is 0 Å². The molecule has 0 saturated carbocycles. The van der Waals surface area contributed by atoms with E-state index >= 15 is 0 Å². The van der Waals surface area contributed by atoms with E-state index in [2.05, 4.69) is 26.1 Å². The van der Waals surface area contributed by atoms with Gasteiger partial charge in [-0.3, -0.25) is 0 Å². The molecule has 0 rings (SSSR count). The molecule has 0 radical (unpaired) electrons. The summed E-state index contributed by atoms with van der Waals surface area (Å²) in [6.07, 6.45) is -2.52. The molecule has 0 aromatic rings. The lowest BCUT2D eigenvalue weighted by Crippen LogP contribution is -2.47. The molecule has 0 spiro atoms. The number of aliphatic hydroxyl groups excluding tert-OH is 4. The zero-order valence-corrected chi connectivity index (χ0v) is 12.6. The van der Waals surface area contributed by atoms with Crippen molar-refractivity contribution in [3.63, 3.8) is 0 Å². The molecule has 0 heterocycles. The summed E-state index contributed by atoms with van der Waals surface area (Å²) in [5.41, 5.74) is 0. The van der Waals surface area contributed by atoms with Gasteiger partial charge in [0.15, 0.2) is 0 Å². The first-order valence-corrected chi connectivity index (χ1v) is 7.22. The van der Waals surface area contributed by atoms with Gasteiger partial charge < -0.3 is 25.7 Å². The first-order valence-electron chi connectivity index (χ1n) is 7.22. The third kappa shape index (κ3) is 7.84. The Morgan fingerprint density at radius 2 is 1.42 bits per heavy atom. The Bertz CT molecular complexity index is 225. The van der Waals surface area contributed by atoms with Crippen LogP contribution in [-0.4, -0.2) is 57.9 Å². The Kier molecular flexibility index (Phi) is 9.56. The van der Waals surface area contributed by atoms with E-state index in [0.717, 1.165) is 19.4 Å². The van der Waals surface area contributed by atoms with Crippen molar-refractivity contribution in [1.29, 1.82) is 0 Å². The van der Waals surface area contributed by atoms with Crippen LogP contribution >= 0.6 is 0 Å². The predicted molar refractivity (Wildman–Crippen MR) is 75.8 cm³/mol. The second kappa shape index (κ2) is 9.66. The summed E-state index contributed by atoms with van der Waals surface area (Å²) < 4.78 is 0. The van der Waals surface area contributed by atoms with Gasteiger partial charge in [0.2, 0.25) is 0 Å². The molecule has 0 aromatic heterocycles. The van der Waals surface area contributed by atoms with E-state index in [-0.39, 0.29) is 6.54 Å². The van der Waals surface area contributed by atoms with Crippen LogP contribution in [0.15, 0.2) is 0 Å². The second-order valence-electron chi connectivity index (χ2n) is 5.80. The molecule has 0 aliphatic carbocycles. The maximum atomic E-state index is 9.69. The van der Waals surface area contributed by atoms with Crippen molar-refractivity contribution in [3.8, 4) is 0 Å². The standard InChI is InChI=1S/C14H31NO4/c1-5-9(2)6-10(3)7-15-8-12(17)14(19)13(18)11(4)16/h9-19H,5-8H2,1-4H3/t9?,10?,11-,12-,13-,14-/m0/s1. The van der Waals surface area contributed by atoms with E-state index in [1.165, 1.54) is 6.92 Å². The molecule has 5 heteroatoms. The molecule has 0 amide bonds. The molecular weight excluding hydrogens is 246 g/mol. The summed E-state index contributed by atoms with van der Waals surface area (Å²) in [6, 6.07) is 0. The van der Waals surface area contributed by atoms with Gasteiger partial charge >= 0.3 is 0 Å². The van der Waals surface area contributed by atoms with E-state index < -0.39 is 24.4 Å². The third-order valence-corrected chi connectivity index (χ3v) is 3.59. The lowest BCUT2D eigenvalue weighted by molar-refractivity contribution is -0.0987. The Hall–Kier alpha value is -0.200. The van der Waals surface area contributed by atoms with Crippen LogP contribution < -0.4 is 5.32 Å². The summed E-state index contributed by atoms with van der Waals surface area (Å²) in [6.45, 7) is 8.88. The number of aliphatic hydroxyl groups is 4. The highest BCUT2D eigenvalue weighted by molar-refractivity contribution is 4.80. The highest BCUT2D eigenvalue weighted by Gasteiger charge is 2.27. The van der Waals surface area contributed by atoms with Gasteiger partial charge in [-0.25, -0.2) is 0 Å². The zero-order chi connectivity index (χ0) is 15.0. The number of hydrogen-bond acceptors (Lipinski definition) is 5. The minimum absolute atomic E-state index is 0.204. The second-order valence-corrected chi connectivity index (χ2v) is 5.80. The summed E-state index contributed by atoms with van der Waals surface area (Å²) in [5, 5.41) is 41.0. The van der Waals surface area contributed by atoms with Gasteiger partial charge in [0.25, 0.3) is 0 Å². The van der Waals surface area contributed by atoms with E-state index in [1.807, 2.05) is 0 Å². The van der Waals surface area contributed by atoms with Gasteiger partial charge in [-0.2, -0.15) is 0 Å². The van der Waals surface area contributed by atoms with Crippen LogP contribution in [0, 0.1) is 11.8 Å². The largest absolute Gasteiger partial charge is 0.391 e. The van der Waals surface area contributed by atoms with Gasteiger partial charge in [0.1, 0.15) is 12.2 Å². The minimum atomic E-state index is -1.34. The Morgan fingerprint density at radius 3 is 1.89 bits per heavy atom. The van der Waals surface area contributed by atoms with E-state index in [4.69, 9.17) is 5.11 Å². The van der Waals surface area contributed by atoms with Crippen molar-refractivity contribution in [2.45, 2.75) is 65.0 Å². The molecule has 5 N–H and O–H groups in total. The number of hydrogen-bond donors (Lipinski definition) is 5. The highest BCUT2D eigenvalue weighted by atomic mass is 16.4. The Labute approximate surface area is 116 Å². The van der Waals surface area contributed by atoms with Gasteiger partial charge in [-0.1, -0.05) is 27.2 Å². The molecule has 0 aliphatic heterocycles. The predicted octanol–water partition coefficient (Wildman–Crippen LogP) is 0.112. The topological polar surface area (TPSA) is 93.0 Å².